The van der Waals surface area contributed by atoms with Crippen molar-refractivity contribution in [2.75, 3.05) is 6.61 Å². The molecule has 1 aromatic carbocycles. The van der Waals surface area contributed by atoms with Crippen LogP contribution in [0, 0.1) is 13.8 Å². The van der Waals surface area contributed by atoms with Crippen molar-refractivity contribution in [2.24, 2.45) is 0 Å². The Labute approximate surface area is 161 Å². The zero-order chi connectivity index (χ0) is 19.6. The van der Waals surface area contributed by atoms with Crippen LogP contribution in [0.1, 0.15) is 34.6 Å². The minimum absolute atomic E-state index is 0.176. The van der Waals surface area contributed by atoms with Gasteiger partial charge in [0.15, 0.2) is 0 Å². The molecule has 0 atom stereocenters. The number of nitrogens with zero attached hydrogens (tertiary/aromatic N) is 2. The molecule has 2 heterocycles. The Hall–Kier alpha value is -2.67. The molecule has 0 saturated heterocycles. The van der Waals surface area contributed by atoms with Gasteiger partial charge in [-0.2, -0.15) is 0 Å². The van der Waals surface area contributed by atoms with Gasteiger partial charge < -0.3 is 9.47 Å². The molecule has 0 aliphatic heterocycles. The SMILES string of the molecule is Cc1cccc(OCCn2cnc3sc(C(=O)OC(C)C)c(C)c3c2=O)c1. The predicted molar refractivity (Wildman–Crippen MR) is 106 cm³/mol. The van der Waals surface area contributed by atoms with Crippen LogP contribution >= 0.6 is 11.3 Å². The predicted octanol–water partition coefficient (Wildman–Crippen LogP) is 3.72. The number of rotatable bonds is 6. The minimum atomic E-state index is -0.417. The highest BCUT2D eigenvalue weighted by Gasteiger charge is 2.21. The van der Waals surface area contributed by atoms with E-state index in [1.54, 1.807) is 20.8 Å². The highest BCUT2D eigenvalue weighted by Crippen LogP contribution is 2.27. The molecule has 7 heteroatoms. The van der Waals surface area contributed by atoms with Crippen molar-refractivity contribution in [2.45, 2.75) is 40.3 Å². The lowest BCUT2D eigenvalue weighted by Crippen LogP contribution is -2.23. The summed E-state index contributed by atoms with van der Waals surface area (Å²) in [6.07, 6.45) is 1.28. The maximum Gasteiger partial charge on any atom is 0.348 e. The van der Waals surface area contributed by atoms with Crippen LogP contribution in [0.25, 0.3) is 10.2 Å². The number of fused-ring (bicyclic) bond motifs is 1. The number of carbonyl (C=O) groups is 1. The van der Waals surface area contributed by atoms with E-state index < -0.39 is 5.97 Å². The molecule has 0 aliphatic rings. The summed E-state index contributed by atoms with van der Waals surface area (Å²) >= 11 is 1.19. The van der Waals surface area contributed by atoms with Gasteiger partial charge in [-0.25, -0.2) is 9.78 Å². The van der Waals surface area contributed by atoms with Crippen molar-refractivity contribution < 1.29 is 14.3 Å². The van der Waals surface area contributed by atoms with Crippen LogP contribution in [-0.2, 0) is 11.3 Å². The van der Waals surface area contributed by atoms with Gasteiger partial charge in [0.2, 0.25) is 0 Å². The number of hydrogen-bond acceptors (Lipinski definition) is 6. The first kappa shape index (κ1) is 19.1. The third-order valence-electron chi connectivity index (χ3n) is 4.04. The van der Waals surface area contributed by atoms with Crippen molar-refractivity contribution in [1.29, 1.82) is 0 Å². The van der Waals surface area contributed by atoms with Crippen molar-refractivity contribution in [3.8, 4) is 5.75 Å². The Kier molecular flexibility index (Phi) is 5.60. The first-order chi connectivity index (χ1) is 12.9. The second kappa shape index (κ2) is 7.92. The second-order valence-corrected chi connectivity index (χ2v) is 7.60. The lowest BCUT2D eigenvalue weighted by Gasteiger charge is -2.08. The van der Waals surface area contributed by atoms with Crippen molar-refractivity contribution in [1.82, 2.24) is 9.55 Å². The number of hydrogen-bond donors (Lipinski definition) is 0. The number of carbonyl (C=O) groups excluding carboxylic acids is 1. The molecule has 0 aliphatic carbocycles. The summed E-state index contributed by atoms with van der Waals surface area (Å²) in [7, 11) is 0. The molecule has 0 fully saturated rings. The van der Waals surface area contributed by atoms with Crippen LogP contribution < -0.4 is 10.3 Å². The van der Waals surface area contributed by atoms with Crippen LogP contribution in [0.2, 0.25) is 0 Å². The van der Waals surface area contributed by atoms with E-state index in [4.69, 9.17) is 9.47 Å². The second-order valence-electron chi connectivity index (χ2n) is 6.60. The topological polar surface area (TPSA) is 70.4 Å². The smallest absolute Gasteiger partial charge is 0.348 e. The molecule has 2 aromatic heterocycles. The van der Waals surface area contributed by atoms with Gasteiger partial charge in [-0.1, -0.05) is 12.1 Å². The minimum Gasteiger partial charge on any atom is -0.492 e. The molecule has 0 bridgehead atoms. The molecule has 0 saturated carbocycles. The van der Waals surface area contributed by atoms with Gasteiger partial charge in [0, 0.05) is 0 Å². The monoisotopic (exact) mass is 386 g/mol. The molecule has 0 radical (unpaired) electrons. The largest absolute Gasteiger partial charge is 0.492 e. The highest BCUT2D eigenvalue weighted by atomic mass is 32.1. The number of aryl methyl sites for hydroxylation is 2. The normalized spacial score (nSPS) is 11.1. The summed E-state index contributed by atoms with van der Waals surface area (Å²) < 4.78 is 12.5. The average molecular weight is 386 g/mol. The van der Waals surface area contributed by atoms with E-state index in [9.17, 15) is 9.59 Å². The number of esters is 1. The molecule has 0 spiro atoms. The van der Waals surface area contributed by atoms with Crippen LogP contribution in [0.5, 0.6) is 5.75 Å². The van der Waals surface area contributed by atoms with E-state index in [-0.39, 0.29) is 11.7 Å². The van der Waals surface area contributed by atoms with Crippen molar-refractivity contribution >= 4 is 27.5 Å². The number of benzene rings is 1. The van der Waals surface area contributed by atoms with Gasteiger partial charge in [-0.3, -0.25) is 9.36 Å². The lowest BCUT2D eigenvalue weighted by molar-refractivity contribution is 0.0383. The summed E-state index contributed by atoms with van der Waals surface area (Å²) in [6, 6.07) is 7.75. The van der Waals surface area contributed by atoms with Crippen LogP contribution in [0.15, 0.2) is 35.4 Å². The maximum absolute atomic E-state index is 12.8. The summed E-state index contributed by atoms with van der Waals surface area (Å²) in [5, 5.41) is 0.466. The van der Waals surface area contributed by atoms with Crippen LogP contribution in [0.3, 0.4) is 0 Å². The molecular formula is C20H22N2O4S. The summed E-state index contributed by atoms with van der Waals surface area (Å²) in [4.78, 5) is 30.4. The molecule has 3 rings (SSSR count). The van der Waals surface area contributed by atoms with Crippen LogP contribution in [-0.4, -0.2) is 28.2 Å². The number of aromatic nitrogens is 2. The third-order valence-corrected chi connectivity index (χ3v) is 5.22. The fourth-order valence-corrected chi connectivity index (χ4v) is 3.77. The first-order valence-corrected chi connectivity index (χ1v) is 9.57. The Morgan fingerprint density at radius 3 is 2.78 bits per heavy atom. The molecule has 0 unspecified atom stereocenters. The van der Waals surface area contributed by atoms with E-state index >= 15 is 0 Å². The van der Waals surface area contributed by atoms with Gasteiger partial charge in [-0.05, 0) is 51.0 Å². The molecule has 27 heavy (non-hydrogen) atoms. The van der Waals surface area contributed by atoms with Gasteiger partial charge in [0.25, 0.3) is 5.56 Å². The Morgan fingerprint density at radius 1 is 1.30 bits per heavy atom. The van der Waals surface area contributed by atoms with Gasteiger partial charge in [0.05, 0.1) is 24.4 Å². The highest BCUT2D eigenvalue weighted by molar-refractivity contribution is 7.20. The van der Waals surface area contributed by atoms with Gasteiger partial charge in [0.1, 0.15) is 22.1 Å². The molecular weight excluding hydrogens is 364 g/mol. The summed E-state index contributed by atoms with van der Waals surface area (Å²) in [5.74, 6) is 0.349. The molecule has 6 nitrogen and oxygen atoms in total. The van der Waals surface area contributed by atoms with E-state index in [2.05, 4.69) is 4.98 Å². The van der Waals surface area contributed by atoms with Crippen molar-refractivity contribution in [3.63, 3.8) is 0 Å². The Balaban J connectivity index is 1.81. The molecule has 0 N–H and O–H groups in total. The van der Waals surface area contributed by atoms with Crippen LogP contribution in [0.4, 0.5) is 0 Å². The summed E-state index contributed by atoms with van der Waals surface area (Å²) in [5.41, 5.74) is 1.56. The van der Waals surface area contributed by atoms with Gasteiger partial charge >= 0.3 is 5.97 Å². The maximum atomic E-state index is 12.8. The zero-order valence-electron chi connectivity index (χ0n) is 15.8. The zero-order valence-corrected chi connectivity index (χ0v) is 16.6. The van der Waals surface area contributed by atoms with E-state index in [1.807, 2.05) is 31.2 Å². The number of ether oxygens (including phenoxy) is 2. The van der Waals surface area contributed by atoms with E-state index in [0.717, 1.165) is 11.3 Å². The van der Waals surface area contributed by atoms with Crippen molar-refractivity contribution in [3.05, 3.63) is 57.0 Å². The first-order valence-electron chi connectivity index (χ1n) is 8.76. The fraction of sp³-hybridized carbons (Fsp3) is 0.350. The standard InChI is InChI=1S/C20H22N2O4S/c1-12(2)26-20(24)17-14(4)16-18(27-17)21-11-22(19(16)23)8-9-25-15-7-5-6-13(3)10-15/h5-7,10-12H,8-9H2,1-4H3. The third kappa shape index (κ3) is 4.19. The van der Waals surface area contributed by atoms with E-state index in [1.165, 1.54) is 22.2 Å². The summed E-state index contributed by atoms with van der Waals surface area (Å²) in [6.45, 7) is 8.06. The van der Waals surface area contributed by atoms with E-state index in [0.29, 0.717) is 33.8 Å². The molecule has 142 valence electrons. The molecule has 3 aromatic rings. The quantitative estimate of drug-likeness (QED) is 0.604. The molecule has 0 amide bonds. The number of thiophene rings is 1. The Morgan fingerprint density at radius 2 is 2.07 bits per heavy atom. The van der Waals surface area contributed by atoms with Gasteiger partial charge in [-0.15, -0.1) is 11.3 Å². The lowest BCUT2D eigenvalue weighted by atomic mass is 10.2. The average Bonchev–Trinajstić information content (AvgIpc) is 2.94. The Bertz CT molecular complexity index is 1040. The fourth-order valence-electron chi connectivity index (χ4n) is 2.75.